The van der Waals surface area contributed by atoms with E-state index in [1.807, 2.05) is 25.2 Å². The largest absolute Gasteiger partial charge is 0.496 e. The van der Waals surface area contributed by atoms with Crippen LogP contribution < -0.4 is 10.1 Å². The van der Waals surface area contributed by atoms with Gasteiger partial charge in [0.2, 0.25) is 0 Å². The van der Waals surface area contributed by atoms with Gasteiger partial charge in [-0.2, -0.15) is 0 Å². The van der Waals surface area contributed by atoms with Gasteiger partial charge in [0, 0.05) is 10.7 Å². The van der Waals surface area contributed by atoms with E-state index >= 15 is 0 Å². The molecule has 0 spiro atoms. The first kappa shape index (κ1) is 14.0. The first-order valence-electron chi connectivity index (χ1n) is 6.00. The first-order chi connectivity index (χ1) is 9.24. The highest BCUT2D eigenvalue weighted by Crippen LogP contribution is 2.27. The van der Waals surface area contributed by atoms with E-state index in [-0.39, 0.29) is 6.04 Å². The lowest BCUT2D eigenvalue weighted by atomic mass is 10.0. The van der Waals surface area contributed by atoms with Crippen molar-refractivity contribution in [2.75, 3.05) is 14.2 Å². The monoisotopic (exact) mass is 321 g/mol. The summed E-state index contributed by atoms with van der Waals surface area (Å²) in [5.74, 6) is 0.887. The average Bonchev–Trinajstić information content (AvgIpc) is 2.46. The maximum atomic E-state index is 5.40. The first-order valence-corrected chi connectivity index (χ1v) is 6.79. The lowest BCUT2D eigenvalue weighted by Gasteiger charge is -2.17. The van der Waals surface area contributed by atoms with Gasteiger partial charge >= 0.3 is 0 Å². The maximum Gasteiger partial charge on any atom is 0.122 e. The summed E-state index contributed by atoms with van der Waals surface area (Å²) in [6.07, 6.45) is 4.12. The van der Waals surface area contributed by atoms with Crippen molar-refractivity contribution in [3.63, 3.8) is 0 Å². The van der Waals surface area contributed by atoms with Crippen LogP contribution in [-0.2, 0) is 6.42 Å². The molecule has 5 heteroatoms. The van der Waals surface area contributed by atoms with Gasteiger partial charge in [0.25, 0.3) is 0 Å². The standard InChI is InChI=1S/C14H16BrN3O/c1-16-13(12-5-6-17-9-18-12)8-10-7-11(15)3-4-14(10)19-2/h3-7,9,13,16H,8H2,1-2H3. The lowest BCUT2D eigenvalue weighted by Crippen LogP contribution is -2.20. The molecule has 1 unspecified atom stereocenters. The van der Waals surface area contributed by atoms with Gasteiger partial charge in [-0.3, -0.25) is 0 Å². The molecule has 1 N–H and O–H groups in total. The molecule has 1 heterocycles. The summed E-state index contributed by atoms with van der Waals surface area (Å²) < 4.78 is 6.44. The van der Waals surface area contributed by atoms with Gasteiger partial charge in [-0.1, -0.05) is 15.9 Å². The van der Waals surface area contributed by atoms with Gasteiger partial charge in [-0.25, -0.2) is 9.97 Å². The zero-order chi connectivity index (χ0) is 13.7. The summed E-state index contributed by atoms with van der Waals surface area (Å²) >= 11 is 3.49. The molecule has 0 bridgehead atoms. The van der Waals surface area contributed by atoms with Crippen molar-refractivity contribution in [2.45, 2.75) is 12.5 Å². The van der Waals surface area contributed by atoms with E-state index in [4.69, 9.17) is 4.74 Å². The van der Waals surface area contributed by atoms with E-state index in [1.165, 1.54) is 0 Å². The molecule has 1 aromatic carbocycles. The van der Waals surface area contributed by atoms with Crippen molar-refractivity contribution in [1.82, 2.24) is 15.3 Å². The number of benzene rings is 1. The van der Waals surface area contributed by atoms with E-state index in [0.717, 1.165) is 27.9 Å². The van der Waals surface area contributed by atoms with E-state index in [2.05, 4.69) is 37.3 Å². The molecule has 4 nitrogen and oxygen atoms in total. The summed E-state index contributed by atoms with van der Waals surface area (Å²) in [5.41, 5.74) is 2.11. The summed E-state index contributed by atoms with van der Waals surface area (Å²) in [6, 6.07) is 8.06. The molecule has 0 aliphatic carbocycles. The molecule has 0 aliphatic rings. The molecular weight excluding hydrogens is 306 g/mol. The molecule has 2 rings (SSSR count). The topological polar surface area (TPSA) is 47.0 Å². The van der Waals surface area contributed by atoms with Crippen LogP contribution in [0.4, 0.5) is 0 Å². The molecule has 0 saturated heterocycles. The van der Waals surface area contributed by atoms with Crippen molar-refractivity contribution < 1.29 is 4.74 Å². The van der Waals surface area contributed by atoms with Crippen LogP contribution in [0.2, 0.25) is 0 Å². The Hall–Kier alpha value is -1.46. The quantitative estimate of drug-likeness (QED) is 0.919. The molecule has 0 fully saturated rings. The molecule has 1 aromatic heterocycles. The fourth-order valence-electron chi connectivity index (χ4n) is 1.99. The van der Waals surface area contributed by atoms with Crippen LogP contribution in [-0.4, -0.2) is 24.1 Å². The van der Waals surface area contributed by atoms with Crippen LogP contribution in [0.3, 0.4) is 0 Å². The number of nitrogens with zero attached hydrogens (tertiary/aromatic N) is 2. The Morgan fingerprint density at radius 1 is 1.37 bits per heavy atom. The summed E-state index contributed by atoms with van der Waals surface area (Å²) in [4.78, 5) is 8.24. The normalized spacial score (nSPS) is 12.2. The molecule has 1 atom stereocenters. The number of methoxy groups -OCH3 is 1. The number of aromatic nitrogens is 2. The minimum atomic E-state index is 0.131. The highest BCUT2D eigenvalue weighted by molar-refractivity contribution is 9.10. The second-order valence-corrected chi connectivity index (χ2v) is 5.05. The Bertz CT molecular complexity index is 533. The van der Waals surface area contributed by atoms with Gasteiger partial charge in [-0.15, -0.1) is 0 Å². The predicted octanol–water partition coefficient (Wildman–Crippen LogP) is 2.75. The molecule has 0 radical (unpaired) electrons. The maximum absolute atomic E-state index is 5.40. The minimum absolute atomic E-state index is 0.131. The van der Waals surface area contributed by atoms with Crippen molar-refractivity contribution in [1.29, 1.82) is 0 Å². The number of nitrogens with one attached hydrogen (secondary N) is 1. The highest BCUT2D eigenvalue weighted by Gasteiger charge is 2.14. The van der Waals surface area contributed by atoms with Gasteiger partial charge in [0.05, 0.1) is 18.8 Å². The number of likely N-dealkylation sites (N-methyl/N-ethyl adjacent to an activating group) is 1. The zero-order valence-electron chi connectivity index (χ0n) is 10.9. The number of rotatable bonds is 5. The second kappa shape index (κ2) is 6.63. The SMILES string of the molecule is CNC(Cc1cc(Br)ccc1OC)c1ccncn1. The molecular formula is C14H16BrN3O. The number of ether oxygens (including phenoxy) is 1. The van der Waals surface area contributed by atoms with E-state index in [0.29, 0.717) is 0 Å². The van der Waals surface area contributed by atoms with E-state index in [1.54, 1.807) is 19.6 Å². The van der Waals surface area contributed by atoms with Crippen molar-refractivity contribution in [2.24, 2.45) is 0 Å². The molecule has 2 aromatic rings. The Morgan fingerprint density at radius 3 is 2.84 bits per heavy atom. The molecule has 19 heavy (non-hydrogen) atoms. The smallest absolute Gasteiger partial charge is 0.122 e. The van der Waals surface area contributed by atoms with Crippen LogP contribution in [0, 0.1) is 0 Å². The van der Waals surface area contributed by atoms with E-state index in [9.17, 15) is 0 Å². The summed E-state index contributed by atoms with van der Waals surface area (Å²) in [7, 11) is 3.61. The average molecular weight is 322 g/mol. The van der Waals surface area contributed by atoms with Gasteiger partial charge in [-0.05, 0) is 43.3 Å². The lowest BCUT2D eigenvalue weighted by molar-refractivity contribution is 0.406. The summed E-state index contributed by atoms with van der Waals surface area (Å²) in [6.45, 7) is 0. The number of hydrogen-bond acceptors (Lipinski definition) is 4. The predicted molar refractivity (Wildman–Crippen MR) is 78.2 cm³/mol. The van der Waals surface area contributed by atoms with Gasteiger partial charge < -0.3 is 10.1 Å². The van der Waals surface area contributed by atoms with Crippen molar-refractivity contribution in [3.8, 4) is 5.75 Å². The number of halogens is 1. The molecule has 0 saturated carbocycles. The Kier molecular flexibility index (Phi) is 4.87. The zero-order valence-corrected chi connectivity index (χ0v) is 12.5. The minimum Gasteiger partial charge on any atom is -0.496 e. The van der Waals surface area contributed by atoms with Crippen LogP contribution in [0.15, 0.2) is 41.3 Å². The summed E-state index contributed by atoms with van der Waals surface area (Å²) in [5, 5.41) is 3.28. The second-order valence-electron chi connectivity index (χ2n) is 4.14. The third-order valence-corrected chi connectivity index (χ3v) is 3.47. The van der Waals surface area contributed by atoms with Gasteiger partial charge in [0.15, 0.2) is 0 Å². The van der Waals surface area contributed by atoms with Gasteiger partial charge in [0.1, 0.15) is 12.1 Å². The Morgan fingerprint density at radius 2 is 2.21 bits per heavy atom. The highest BCUT2D eigenvalue weighted by atomic mass is 79.9. The van der Waals surface area contributed by atoms with Crippen LogP contribution >= 0.6 is 15.9 Å². The van der Waals surface area contributed by atoms with E-state index < -0.39 is 0 Å². The molecule has 100 valence electrons. The molecule has 0 amide bonds. The third kappa shape index (κ3) is 3.52. The van der Waals surface area contributed by atoms with Crippen LogP contribution in [0.25, 0.3) is 0 Å². The Balaban J connectivity index is 2.26. The molecule has 0 aliphatic heterocycles. The Labute approximate surface area is 121 Å². The third-order valence-electron chi connectivity index (χ3n) is 2.98. The fraction of sp³-hybridized carbons (Fsp3) is 0.286. The van der Waals surface area contributed by atoms with Crippen molar-refractivity contribution in [3.05, 3.63) is 52.5 Å². The van der Waals surface area contributed by atoms with Crippen LogP contribution in [0.1, 0.15) is 17.3 Å². The van der Waals surface area contributed by atoms with Crippen molar-refractivity contribution >= 4 is 15.9 Å². The fourth-order valence-corrected chi connectivity index (χ4v) is 2.40. The van der Waals surface area contributed by atoms with Crippen LogP contribution in [0.5, 0.6) is 5.75 Å². The number of hydrogen-bond donors (Lipinski definition) is 1.